The Kier molecular flexibility index (Phi) is 6.53. The fourth-order valence-corrected chi connectivity index (χ4v) is 4.00. The fourth-order valence-electron chi connectivity index (χ4n) is 3.82. The predicted molar refractivity (Wildman–Crippen MR) is 115 cm³/mol. The van der Waals surface area contributed by atoms with Gasteiger partial charge < -0.3 is 15.0 Å². The van der Waals surface area contributed by atoms with Gasteiger partial charge in [0.15, 0.2) is 0 Å². The summed E-state index contributed by atoms with van der Waals surface area (Å²) in [6.07, 6.45) is 1.84. The van der Waals surface area contributed by atoms with Crippen molar-refractivity contribution in [1.82, 2.24) is 10.2 Å². The first-order valence-corrected chi connectivity index (χ1v) is 10.7. The molecule has 4 rings (SSSR count). The maximum atomic E-state index is 15.1. The van der Waals surface area contributed by atoms with Crippen molar-refractivity contribution in [3.05, 3.63) is 63.4 Å². The normalized spacial score (nSPS) is 16.8. The zero-order chi connectivity index (χ0) is 22.7. The third-order valence-electron chi connectivity index (χ3n) is 5.63. The second-order valence-electron chi connectivity index (χ2n) is 7.88. The molecule has 2 aliphatic rings. The second-order valence-corrected chi connectivity index (χ2v) is 8.29. The second kappa shape index (κ2) is 9.34. The van der Waals surface area contributed by atoms with Gasteiger partial charge in [-0.1, -0.05) is 17.7 Å². The Hall–Kier alpha value is -2.84. The monoisotopic (exact) mass is 461 g/mol. The molecule has 9 heteroatoms. The van der Waals surface area contributed by atoms with E-state index in [1.165, 1.54) is 18.2 Å². The quantitative estimate of drug-likeness (QED) is 0.641. The molecule has 2 aromatic rings. The van der Waals surface area contributed by atoms with Crippen LogP contribution in [0.1, 0.15) is 23.2 Å². The molecular formula is C23H22ClF2N3O3. The van der Waals surface area contributed by atoms with Crippen LogP contribution in [-0.4, -0.2) is 55.2 Å². The van der Waals surface area contributed by atoms with Crippen LogP contribution in [0.4, 0.5) is 8.78 Å². The molecule has 2 aromatic carbocycles. The van der Waals surface area contributed by atoms with E-state index in [1.807, 2.05) is 0 Å². The number of rotatable bonds is 7. The Morgan fingerprint density at radius 1 is 1.25 bits per heavy atom. The minimum atomic E-state index is -1.43. The van der Waals surface area contributed by atoms with E-state index in [2.05, 4.69) is 10.3 Å². The standard InChI is InChI=1S/C23H22ClF2N3O3/c24-17-12-15(4-5-18(17)25)22(31)29-9-6-23(26,7-10-29)14-27-8-11-32-20-3-1-2-19-16(20)13-21(30)28-19/h1-5,12-13,27H,6-11,14H2. The first-order valence-electron chi connectivity index (χ1n) is 10.3. The number of likely N-dealkylation sites (tertiary alicyclic amines) is 1. The minimum absolute atomic E-state index is 0.113. The average Bonchev–Trinajstić information content (AvgIpc) is 3.16. The number of carbonyl (C=O) groups excluding carboxylic acids is 2. The van der Waals surface area contributed by atoms with Crippen LogP contribution in [0, 0.1) is 5.82 Å². The lowest BCUT2D eigenvalue weighted by molar-refractivity contribution is -0.112. The summed E-state index contributed by atoms with van der Waals surface area (Å²) in [6, 6.07) is 9.11. The number of piperidine rings is 1. The fraction of sp³-hybridized carbons (Fsp3) is 0.348. The molecule has 1 fully saturated rings. The van der Waals surface area contributed by atoms with Crippen molar-refractivity contribution >= 4 is 29.5 Å². The molecule has 2 heterocycles. The number of hydrogen-bond acceptors (Lipinski definition) is 4. The van der Waals surface area contributed by atoms with Crippen LogP contribution in [-0.2, 0) is 4.79 Å². The highest BCUT2D eigenvalue weighted by atomic mass is 35.5. The van der Waals surface area contributed by atoms with Crippen molar-refractivity contribution in [1.29, 1.82) is 0 Å². The number of amides is 2. The number of alkyl halides is 1. The maximum absolute atomic E-state index is 15.1. The van der Waals surface area contributed by atoms with Crippen LogP contribution in [0.15, 0.2) is 41.4 Å². The predicted octanol–water partition coefficient (Wildman–Crippen LogP) is 2.03. The third-order valence-corrected chi connectivity index (χ3v) is 5.92. The van der Waals surface area contributed by atoms with Crippen LogP contribution >= 0.6 is 11.6 Å². The number of nitrogens with zero attached hydrogens (tertiary/aromatic N) is 2. The number of fused-ring (bicyclic) bond motifs is 1. The van der Waals surface area contributed by atoms with E-state index in [0.717, 1.165) is 6.07 Å². The molecule has 0 aliphatic carbocycles. The Balaban J connectivity index is 1.22. The minimum Gasteiger partial charge on any atom is -0.492 e. The molecule has 0 bridgehead atoms. The summed E-state index contributed by atoms with van der Waals surface area (Å²) in [4.78, 5) is 29.4. The van der Waals surface area contributed by atoms with Crippen molar-refractivity contribution in [2.45, 2.75) is 18.5 Å². The van der Waals surface area contributed by atoms with E-state index in [-0.39, 0.29) is 54.9 Å². The van der Waals surface area contributed by atoms with Crippen molar-refractivity contribution in [3.63, 3.8) is 0 Å². The van der Waals surface area contributed by atoms with Crippen molar-refractivity contribution < 1.29 is 23.1 Å². The van der Waals surface area contributed by atoms with Gasteiger partial charge in [-0.3, -0.25) is 9.59 Å². The lowest BCUT2D eigenvalue weighted by Gasteiger charge is -2.36. The molecule has 1 saturated heterocycles. The number of nitrogens with one attached hydrogen (secondary N) is 1. The van der Waals surface area contributed by atoms with E-state index in [9.17, 15) is 14.0 Å². The van der Waals surface area contributed by atoms with E-state index in [1.54, 1.807) is 23.1 Å². The molecule has 0 unspecified atom stereocenters. The largest absolute Gasteiger partial charge is 0.492 e. The van der Waals surface area contributed by atoms with Gasteiger partial charge in [0.2, 0.25) is 0 Å². The van der Waals surface area contributed by atoms with Gasteiger partial charge >= 0.3 is 0 Å². The Labute approximate surface area is 188 Å². The van der Waals surface area contributed by atoms with Crippen LogP contribution in [0.2, 0.25) is 5.02 Å². The smallest absolute Gasteiger partial charge is 0.271 e. The third kappa shape index (κ3) is 4.97. The summed E-state index contributed by atoms with van der Waals surface area (Å²) >= 11 is 5.75. The highest BCUT2D eigenvalue weighted by molar-refractivity contribution is 6.31. The summed E-state index contributed by atoms with van der Waals surface area (Å²) in [5.41, 5.74) is -1.14. The molecule has 32 heavy (non-hydrogen) atoms. The number of ether oxygens (including phenoxy) is 1. The number of halogens is 3. The molecule has 6 nitrogen and oxygen atoms in total. The lowest BCUT2D eigenvalue weighted by Crippen LogP contribution is -2.49. The Morgan fingerprint density at radius 3 is 2.78 bits per heavy atom. The maximum Gasteiger partial charge on any atom is 0.271 e. The molecule has 1 N–H and O–H groups in total. The first-order chi connectivity index (χ1) is 15.3. The van der Waals surface area contributed by atoms with E-state index in [0.29, 0.717) is 29.5 Å². The summed E-state index contributed by atoms with van der Waals surface area (Å²) in [6.45, 7) is 1.42. The molecule has 2 aliphatic heterocycles. The first kappa shape index (κ1) is 22.4. The van der Waals surface area contributed by atoms with Crippen molar-refractivity contribution in [2.24, 2.45) is 4.99 Å². The molecule has 168 valence electrons. The van der Waals surface area contributed by atoms with Crippen molar-refractivity contribution in [3.8, 4) is 5.75 Å². The van der Waals surface area contributed by atoms with Crippen LogP contribution in [0.3, 0.4) is 0 Å². The van der Waals surface area contributed by atoms with Gasteiger partial charge in [-0.25, -0.2) is 13.8 Å². The number of carbonyl (C=O) groups is 2. The molecule has 0 radical (unpaired) electrons. The zero-order valence-electron chi connectivity index (χ0n) is 17.2. The lowest BCUT2D eigenvalue weighted by atomic mass is 9.93. The average molecular weight is 462 g/mol. The van der Waals surface area contributed by atoms with Gasteiger partial charge in [0.25, 0.3) is 11.8 Å². The van der Waals surface area contributed by atoms with Gasteiger partial charge in [0, 0.05) is 55.9 Å². The highest BCUT2D eigenvalue weighted by Gasteiger charge is 2.35. The number of hydrogen-bond donors (Lipinski definition) is 1. The Bertz CT molecular complexity index is 1160. The van der Waals surface area contributed by atoms with Gasteiger partial charge in [-0.15, -0.1) is 0 Å². The van der Waals surface area contributed by atoms with Crippen molar-refractivity contribution in [2.75, 3.05) is 32.8 Å². The molecule has 0 spiro atoms. The highest BCUT2D eigenvalue weighted by Crippen LogP contribution is 2.27. The summed E-state index contributed by atoms with van der Waals surface area (Å²) in [7, 11) is 0. The Morgan fingerprint density at radius 2 is 2.03 bits per heavy atom. The number of benzene rings is 2. The molecule has 0 aromatic heterocycles. The van der Waals surface area contributed by atoms with Crippen LogP contribution in [0.5, 0.6) is 5.75 Å². The van der Waals surface area contributed by atoms with Gasteiger partial charge in [-0.05, 0) is 30.3 Å². The van der Waals surface area contributed by atoms with Gasteiger partial charge in [-0.2, -0.15) is 0 Å². The summed E-state index contributed by atoms with van der Waals surface area (Å²) in [5.74, 6) is -0.604. The van der Waals surface area contributed by atoms with Gasteiger partial charge in [0.05, 0.1) is 10.4 Å². The summed E-state index contributed by atoms with van der Waals surface area (Å²) in [5, 5.41) is 4.21. The molecule has 2 amide bonds. The SMILES string of the molecule is O=C1C=c2c(OCCNCC3(F)CCN(C(=O)c4ccc(F)c(Cl)c4)CC3)cccc2=N1. The van der Waals surface area contributed by atoms with E-state index in [4.69, 9.17) is 16.3 Å². The molecule has 0 saturated carbocycles. The van der Waals surface area contributed by atoms with Crippen LogP contribution in [0.25, 0.3) is 6.08 Å². The topological polar surface area (TPSA) is 71.0 Å². The summed E-state index contributed by atoms with van der Waals surface area (Å²) < 4.78 is 34.2. The zero-order valence-corrected chi connectivity index (χ0v) is 18.0. The van der Waals surface area contributed by atoms with Gasteiger partial charge in [0.1, 0.15) is 23.8 Å². The van der Waals surface area contributed by atoms with E-state index >= 15 is 4.39 Å². The molecule has 0 atom stereocenters. The van der Waals surface area contributed by atoms with Crippen LogP contribution < -0.4 is 20.6 Å². The molecular weight excluding hydrogens is 440 g/mol. The van der Waals surface area contributed by atoms with E-state index < -0.39 is 11.5 Å².